The summed E-state index contributed by atoms with van der Waals surface area (Å²) in [4.78, 5) is 21.8. The van der Waals surface area contributed by atoms with Gasteiger partial charge in [-0.25, -0.2) is 13.4 Å². The van der Waals surface area contributed by atoms with Crippen LogP contribution in [0, 0.1) is 6.92 Å². The van der Waals surface area contributed by atoms with Crippen LogP contribution in [-0.4, -0.2) is 63.8 Å². The van der Waals surface area contributed by atoms with E-state index in [1.165, 1.54) is 11.3 Å². The van der Waals surface area contributed by atoms with E-state index in [0.29, 0.717) is 24.0 Å². The number of aromatic nitrogens is 1. The molecule has 0 radical (unpaired) electrons. The molecule has 3 rings (SSSR count). The van der Waals surface area contributed by atoms with Crippen LogP contribution in [0.25, 0.3) is 10.2 Å². The molecular weight excluding hydrogens is 458 g/mol. The van der Waals surface area contributed by atoms with Crippen LogP contribution in [0.1, 0.15) is 25.3 Å². The van der Waals surface area contributed by atoms with Crippen LogP contribution in [0.5, 0.6) is 5.75 Å². The minimum atomic E-state index is -3.55. The van der Waals surface area contributed by atoms with Crippen LogP contribution in [0.15, 0.2) is 47.4 Å². The second kappa shape index (κ2) is 11.1. The highest BCUT2D eigenvalue weighted by atomic mass is 32.2. The normalized spacial score (nSPS) is 11.8. The Bertz CT molecular complexity index is 1190. The number of sulfone groups is 1. The number of benzene rings is 2. The number of carbonyl (C=O) groups excluding carboxylic acids is 1. The van der Waals surface area contributed by atoms with Crippen LogP contribution in [0.3, 0.4) is 0 Å². The molecule has 0 aliphatic rings. The van der Waals surface area contributed by atoms with Gasteiger partial charge in [-0.3, -0.25) is 9.69 Å². The molecule has 0 atom stereocenters. The lowest BCUT2D eigenvalue weighted by molar-refractivity contribution is -0.118. The molecule has 178 valence electrons. The first-order valence-corrected chi connectivity index (χ1v) is 13.4. The second-order valence-electron chi connectivity index (χ2n) is 8.12. The Balaban J connectivity index is 1.82. The molecule has 0 fully saturated rings. The smallest absolute Gasteiger partial charge is 0.229 e. The molecule has 1 aromatic heterocycles. The van der Waals surface area contributed by atoms with E-state index in [2.05, 4.69) is 4.90 Å². The van der Waals surface area contributed by atoms with Gasteiger partial charge in [0, 0.05) is 13.0 Å². The molecule has 7 nitrogen and oxygen atoms in total. The summed E-state index contributed by atoms with van der Waals surface area (Å²) in [6.45, 7) is 5.61. The lowest BCUT2D eigenvalue weighted by Gasteiger charge is -2.21. The van der Waals surface area contributed by atoms with Crippen LogP contribution in [0.4, 0.5) is 5.13 Å². The van der Waals surface area contributed by atoms with E-state index in [1.54, 1.807) is 29.2 Å². The van der Waals surface area contributed by atoms with Crippen molar-refractivity contribution >= 4 is 42.4 Å². The molecule has 0 bridgehead atoms. The third-order valence-electron chi connectivity index (χ3n) is 5.15. The van der Waals surface area contributed by atoms with Crippen molar-refractivity contribution in [3.63, 3.8) is 0 Å². The topological polar surface area (TPSA) is 79.8 Å². The van der Waals surface area contributed by atoms with Crippen molar-refractivity contribution in [2.75, 3.05) is 44.4 Å². The number of amides is 1. The fourth-order valence-electron chi connectivity index (χ4n) is 3.39. The number of ether oxygens (including phenoxy) is 1. The summed E-state index contributed by atoms with van der Waals surface area (Å²) in [6.07, 6.45) is 0.643. The number of carbonyl (C=O) groups is 1. The van der Waals surface area contributed by atoms with Gasteiger partial charge in [-0.05, 0) is 65.2 Å². The van der Waals surface area contributed by atoms with Gasteiger partial charge in [0.05, 0.1) is 22.0 Å². The summed E-state index contributed by atoms with van der Waals surface area (Å²) in [6, 6.07) is 12.4. The lowest BCUT2D eigenvalue weighted by atomic mass is 10.2. The van der Waals surface area contributed by atoms with Crippen molar-refractivity contribution < 1.29 is 17.9 Å². The van der Waals surface area contributed by atoms with Gasteiger partial charge in [0.25, 0.3) is 0 Å². The molecule has 2 aromatic carbocycles. The Morgan fingerprint density at radius 1 is 1.09 bits per heavy atom. The molecule has 0 saturated carbocycles. The van der Waals surface area contributed by atoms with E-state index in [-0.39, 0.29) is 23.0 Å². The van der Waals surface area contributed by atoms with E-state index < -0.39 is 9.84 Å². The number of nitrogens with zero attached hydrogens (tertiary/aromatic N) is 3. The third-order valence-corrected chi connectivity index (χ3v) is 7.93. The van der Waals surface area contributed by atoms with Crippen molar-refractivity contribution in [3.05, 3.63) is 48.0 Å². The van der Waals surface area contributed by atoms with Crippen molar-refractivity contribution in [2.45, 2.75) is 31.6 Å². The quantitative estimate of drug-likeness (QED) is 0.403. The number of thiazole rings is 1. The van der Waals surface area contributed by atoms with Gasteiger partial charge >= 0.3 is 0 Å². The molecule has 0 N–H and O–H groups in total. The molecule has 1 heterocycles. The van der Waals surface area contributed by atoms with Gasteiger partial charge in [-0.15, -0.1) is 0 Å². The summed E-state index contributed by atoms with van der Waals surface area (Å²) in [5.74, 6) is 0.190. The first kappa shape index (κ1) is 25.1. The molecular formula is C24H31N3O4S2. The Morgan fingerprint density at radius 2 is 1.82 bits per heavy atom. The van der Waals surface area contributed by atoms with E-state index in [0.717, 1.165) is 28.7 Å². The largest absolute Gasteiger partial charge is 0.492 e. The third kappa shape index (κ3) is 6.52. The zero-order chi connectivity index (χ0) is 24.0. The van der Waals surface area contributed by atoms with E-state index in [1.807, 2.05) is 46.1 Å². The number of anilines is 1. The van der Waals surface area contributed by atoms with Crippen LogP contribution >= 0.6 is 11.3 Å². The number of rotatable bonds is 11. The second-order valence-corrected chi connectivity index (χ2v) is 11.2. The monoisotopic (exact) mass is 489 g/mol. The summed E-state index contributed by atoms with van der Waals surface area (Å²) in [5, 5.41) is 0.564. The predicted octanol–water partition coefficient (Wildman–Crippen LogP) is 4.15. The predicted molar refractivity (Wildman–Crippen MR) is 134 cm³/mol. The van der Waals surface area contributed by atoms with Gasteiger partial charge in [0.2, 0.25) is 5.91 Å². The highest BCUT2D eigenvalue weighted by molar-refractivity contribution is 7.91. The maximum atomic E-state index is 13.2. The first-order chi connectivity index (χ1) is 15.7. The average Bonchev–Trinajstić information content (AvgIpc) is 3.20. The molecule has 9 heteroatoms. The molecule has 33 heavy (non-hydrogen) atoms. The fraction of sp³-hybridized carbons (Fsp3) is 0.417. The number of fused-ring (bicyclic) bond motifs is 1. The summed E-state index contributed by atoms with van der Waals surface area (Å²) >= 11 is 1.41. The fourth-order valence-corrected chi connectivity index (χ4v) is 5.65. The number of hydrogen-bond acceptors (Lipinski definition) is 7. The Morgan fingerprint density at radius 3 is 2.48 bits per heavy atom. The Hall–Kier alpha value is -2.49. The standard InChI is InChI=1S/C24H31N3O4S2/c1-5-31-20-8-6-9-21-23(20)25-24(32-21)27(16-7-15-26(3)4)22(28)14-17-33(29,30)19-12-10-18(2)11-13-19/h6,8-13H,5,7,14-17H2,1-4H3. The number of para-hydroxylation sites is 1. The van der Waals surface area contributed by atoms with Crippen LogP contribution in [-0.2, 0) is 14.6 Å². The molecule has 0 spiro atoms. The highest BCUT2D eigenvalue weighted by Crippen LogP contribution is 2.34. The minimum Gasteiger partial charge on any atom is -0.492 e. The summed E-state index contributed by atoms with van der Waals surface area (Å²) in [7, 11) is 0.404. The molecule has 0 aliphatic heterocycles. The van der Waals surface area contributed by atoms with E-state index in [4.69, 9.17) is 9.72 Å². The lowest BCUT2D eigenvalue weighted by Crippen LogP contribution is -2.34. The van der Waals surface area contributed by atoms with Crippen molar-refractivity contribution in [1.29, 1.82) is 0 Å². The van der Waals surface area contributed by atoms with Gasteiger partial charge in [0.15, 0.2) is 15.0 Å². The number of aryl methyl sites for hydroxylation is 1. The first-order valence-electron chi connectivity index (χ1n) is 11.0. The Kier molecular flexibility index (Phi) is 8.45. The van der Waals surface area contributed by atoms with Crippen molar-refractivity contribution in [1.82, 2.24) is 9.88 Å². The SMILES string of the molecule is CCOc1cccc2sc(N(CCCN(C)C)C(=O)CCS(=O)(=O)c3ccc(C)cc3)nc12. The average molecular weight is 490 g/mol. The molecule has 0 aliphatic carbocycles. The zero-order valence-corrected chi connectivity index (χ0v) is 21.2. The van der Waals surface area contributed by atoms with Crippen molar-refractivity contribution in [3.8, 4) is 5.75 Å². The molecule has 3 aromatic rings. The maximum Gasteiger partial charge on any atom is 0.229 e. The maximum absolute atomic E-state index is 13.2. The molecule has 0 saturated heterocycles. The van der Waals surface area contributed by atoms with Gasteiger partial charge in [-0.1, -0.05) is 35.1 Å². The molecule has 1 amide bonds. The van der Waals surface area contributed by atoms with Crippen LogP contribution in [0.2, 0.25) is 0 Å². The van der Waals surface area contributed by atoms with Gasteiger partial charge in [-0.2, -0.15) is 0 Å². The summed E-state index contributed by atoms with van der Waals surface area (Å²) in [5.41, 5.74) is 1.70. The van der Waals surface area contributed by atoms with Gasteiger partial charge < -0.3 is 9.64 Å². The zero-order valence-electron chi connectivity index (χ0n) is 19.6. The molecule has 0 unspecified atom stereocenters. The highest BCUT2D eigenvalue weighted by Gasteiger charge is 2.23. The number of hydrogen-bond donors (Lipinski definition) is 0. The van der Waals surface area contributed by atoms with Gasteiger partial charge in [0.1, 0.15) is 11.3 Å². The Labute approximate surface area is 199 Å². The van der Waals surface area contributed by atoms with Crippen molar-refractivity contribution in [2.24, 2.45) is 0 Å². The minimum absolute atomic E-state index is 0.105. The van der Waals surface area contributed by atoms with E-state index >= 15 is 0 Å². The summed E-state index contributed by atoms with van der Waals surface area (Å²) < 4.78 is 32.1. The van der Waals surface area contributed by atoms with Crippen LogP contribution < -0.4 is 9.64 Å². The van der Waals surface area contributed by atoms with E-state index in [9.17, 15) is 13.2 Å².